The van der Waals surface area contributed by atoms with Crippen molar-refractivity contribution in [3.05, 3.63) is 0 Å². The van der Waals surface area contributed by atoms with Crippen molar-refractivity contribution in [2.45, 2.75) is 38.1 Å². The van der Waals surface area contributed by atoms with E-state index in [1.54, 1.807) is 0 Å². The number of hydrogen-bond acceptors (Lipinski definition) is 5. The molecule has 0 radical (unpaired) electrons. The number of carbonyl (C=O) groups excluding carboxylic acids is 2. The van der Waals surface area contributed by atoms with Gasteiger partial charge >= 0.3 is 5.97 Å². The number of methoxy groups -OCH3 is 1. The molecule has 1 rings (SSSR count). The molecule has 1 atom stereocenters. The summed E-state index contributed by atoms with van der Waals surface area (Å²) in [5, 5.41) is 2.50. The van der Waals surface area contributed by atoms with Crippen LogP contribution < -0.4 is 5.32 Å². The van der Waals surface area contributed by atoms with E-state index in [-0.39, 0.29) is 24.5 Å². The molecule has 0 saturated carbocycles. The summed E-state index contributed by atoms with van der Waals surface area (Å²) in [6.45, 7) is 0.360. The van der Waals surface area contributed by atoms with Gasteiger partial charge in [-0.05, 0) is 19.3 Å². The van der Waals surface area contributed by atoms with Gasteiger partial charge in [-0.3, -0.25) is 9.59 Å². The van der Waals surface area contributed by atoms with Crippen LogP contribution in [0.1, 0.15) is 32.1 Å². The molecular weight excluding hydrogens is 284 g/mol. The van der Waals surface area contributed by atoms with Gasteiger partial charge in [0.15, 0.2) is 0 Å². The van der Waals surface area contributed by atoms with E-state index in [0.717, 1.165) is 12.8 Å². The van der Waals surface area contributed by atoms with Crippen LogP contribution in [0.25, 0.3) is 0 Å². The van der Waals surface area contributed by atoms with Crippen molar-refractivity contribution >= 4 is 21.9 Å². The van der Waals surface area contributed by atoms with Crippen molar-refractivity contribution in [1.29, 1.82) is 0 Å². The van der Waals surface area contributed by atoms with Crippen molar-refractivity contribution in [3.63, 3.8) is 0 Å². The van der Waals surface area contributed by atoms with Crippen LogP contribution in [-0.2, 0) is 24.3 Å². The smallest absolute Gasteiger partial charge is 0.305 e. The Hall–Kier alpha value is -1.15. The molecule has 1 heterocycles. The number of amides is 1. The first-order chi connectivity index (χ1) is 9.42. The van der Waals surface area contributed by atoms with Crippen molar-refractivity contribution in [3.8, 4) is 0 Å². The second kappa shape index (κ2) is 7.58. The summed E-state index contributed by atoms with van der Waals surface area (Å²) >= 11 is 0. The van der Waals surface area contributed by atoms with Crippen LogP contribution in [0.3, 0.4) is 0 Å². The van der Waals surface area contributed by atoms with E-state index in [4.69, 9.17) is 0 Å². The molecule has 1 N–H and O–H groups in total. The Balaban J connectivity index is 2.67. The summed E-state index contributed by atoms with van der Waals surface area (Å²) in [7, 11) is -0.761. The van der Waals surface area contributed by atoms with Crippen LogP contribution in [-0.4, -0.2) is 57.1 Å². The molecule has 20 heavy (non-hydrogen) atoms. The molecule has 0 spiro atoms. The van der Waals surface area contributed by atoms with Gasteiger partial charge in [0.25, 0.3) is 0 Å². The molecule has 116 valence electrons. The zero-order valence-corrected chi connectivity index (χ0v) is 12.7. The van der Waals surface area contributed by atoms with Gasteiger partial charge in [-0.15, -0.1) is 0 Å². The topological polar surface area (TPSA) is 92.8 Å². The molecule has 0 aliphatic carbocycles. The lowest BCUT2D eigenvalue weighted by Gasteiger charge is -2.33. The normalized spacial score (nSPS) is 20.4. The van der Waals surface area contributed by atoms with E-state index >= 15 is 0 Å². The first kappa shape index (κ1) is 16.9. The maximum Gasteiger partial charge on any atom is 0.305 e. The maximum absolute atomic E-state index is 12.3. The Labute approximate surface area is 119 Å². The number of rotatable bonds is 6. The lowest BCUT2D eigenvalue weighted by atomic mass is 10.0. The van der Waals surface area contributed by atoms with Gasteiger partial charge in [0.2, 0.25) is 15.9 Å². The van der Waals surface area contributed by atoms with Crippen LogP contribution in [0, 0.1) is 0 Å². The molecule has 7 nitrogen and oxygen atoms in total. The first-order valence-corrected chi connectivity index (χ1v) is 8.31. The van der Waals surface area contributed by atoms with Gasteiger partial charge in [-0.1, -0.05) is 6.42 Å². The molecule has 1 fully saturated rings. The number of esters is 1. The summed E-state index contributed by atoms with van der Waals surface area (Å²) in [5.41, 5.74) is 0. The number of ether oxygens (including phenoxy) is 1. The summed E-state index contributed by atoms with van der Waals surface area (Å²) in [4.78, 5) is 22.8. The third-order valence-corrected chi connectivity index (χ3v) is 5.33. The minimum Gasteiger partial charge on any atom is -0.469 e. The number of likely N-dealkylation sites (N-methyl/N-ethyl adjacent to an activating group) is 1. The van der Waals surface area contributed by atoms with E-state index in [9.17, 15) is 18.0 Å². The standard InChI is InChI=1S/C12H22N2O5S/c1-13-12(16)10-6-3-4-8-14(10)20(17,18)9-5-7-11(15)19-2/h10H,3-9H2,1-2H3,(H,13,16). The number of nitrogens with one attached hydrogen (secondary N) is 1. The number of carbonyl (C=O) groups is 2. The third kappa shape index (κ3) is 4.45. The van der Waals surface area contributed by atoms with Crippen molar-refractivity contribution in [1.82, 2.24) is 9.62 Å². The van der Waals surface area contributed by atoms with Gasteiger partial charge in [0.1, 0.15) is 6.04 Å². The maximum atomic E-state index is 12.3. The lowest BCUT2D eigenvalue weighted by molar-refractivity contribution is -0.140. The minimum atomic E-state index is -3.53. The molecule has 0 bridgehead atoms. The molecule has 8 heteroatoms. The van der Waals surface area contributed by atoms with Gasteiger partial charge in [0, 0.05) is 20.0 Å². The molecule has 0 aromatic rings. The van der Waals surface area contributed by atoms with Crippen molar-refractivity contribution in [2.75, 3.05) is 26.5 Å². The summed E-state index contributed by atoms with van der Waals surface area (Å²) < 4.78 is 30.3. The Bertz CT molecular complexity index is 449. The Morgan fingerprint density at radius 3 is 2.65 bits per heavy atom. The fourth-order valence-corrected chi connectivity index (χ4v) is 4.02. The summed E-state index contributed by atoms with van der Waals surface area (Å²) in [6.07, 6.45) is 2.39. The first-order valence-electron chi connectivity index (χ1n) is 6.70. The molecule has 1 unspecified atom stereocenters. The van der Waals surface area contributed by atoms with E-state index < -0.39 is 22.0 Å². The van der Waals surface area contributed by atoms with E-state index in [1.165, 1.54) is 18.5 Å². The summed E-state index contributed by atoms with van der Waals surface area (Å²) in [6, 6.07) is -0.628. The molecule has 1 aliphatic heterocycles. The molecule has 1 amide bonds. The van der Waals surface area contributed by atoms with Crippen molar-refractivity contribution in [2.24, 2.45) is 0 Å². The zero-order valence-electron chi connectivity index (χ0n) is 11.9. The van der Waals surface area contributed by atoms with Crippen LogP contribution in [0.2, 0.25) is 0 Å². The number of piperidine rings is 1. The number of sulfonamides is 1. The SMILES string of the molecule is CNC(=O)C1CCCCN1S(=O)(=O)CCCC(=O)OC. The fourth-order valence-electron chi connectivity index (χ4n) is 2.28. The quantitative estimate of drug-likeness (QED) is 0.690. The molecule has 1 saturated heterocycles. The second-order valence-electron chi connectivity index (χ2n) is 4.73. The van der Waals surface area contributed by atoms with E-state index in [2.05, 4.69) is 10.1 Å². The van der Waals surface area contributed by atoms with Gasteiger partial charge in [-0.25, -0.2) is 8.42 Å². The molecule has 0 aromatic heterocycles. The molecule has 1 aliphatic rings. The highest BCUT2D eigenvalue weighted by atomic mass is 32.2. The fraction of sp³-hybridized carbons (Fsp3) is 0.833. The predicted octanol–water partition coefficient (Wildman–Crippen LogP) is -0.130. The Morgan fingerprint density at radius 2 is 2.05 bits per heavy atom. The van der Waals surface area contributed by atoms with Crippen LogP contribution in [0.4, 0.5) is 0 Å². The van der Waals surface area contributed by atoms with Gasteiger partial charge in [-0.2, -0.15) is 4.31 Å². The zero-order chi connectivity index (χ0) is 15.2. The summed E-state index contributed by atoms with van der Waals surface area (Å²) in [5.74, 6) is -0.849. The number of nitrogens with zero attached hydrogens (tertiary/aromatic N) is 1. The molecule has 0 aromatic carbocycles. The van der Waals surface area contributed by atoms with Crippen LogP contribution in [0.5, 0.6) is 0 Å². The van der Waals surface area contributed by atoms with Crippen LogP contribution >= 0.6 is 0 Å². The Morgan fingerprint density at radius 1 is 1.35 bits per heavy atom. The highest BCUT2D eigenvalue weighted by Gasteiger charge is 2.35. The van der Waals surface area contributed by atoms with E-state index in [1.807, 2.05) is 0 Å². The predicted molar refractivity (Wildman–Crippen MR) is 73.4 cm³/mol. The monoisotopic (exact) mass is 306 g/mol. The third-order valence-electron chi connectivity index (χ3n) is 3.37. The lowest BCUT2D eigenvalue weighted by Crippen LogP contribution is -2.51. The number of hydrogen-bond donors (Lipinski definition) is 1. The van der Waals surface area contributed by atoms with Gasteiger partial charge in [0.05, 0.1) is 12.9 Å². The average molecular weight is 306 g/mol. The molecular formula is C12H22N2O5S. The van der Waals surface area contributed by atoms with Crippen molar-refractivity contribution < 1.29 is 22.7 Å². The average Bonchev–Trinajstić information content (AvgIpc) is 2.46. The Kier molecular flexibility index (Phi) is 6.41. The van der Waals surface area contributed by atoms with Gasteiger partial charge < -0.3 is 10.1 Å². The van der Waals surface area contributed by atoms with Crippen LogP contribution in [0.15, 0.2) is 0 Å². The minimum absolute atomic E-state index is 0.0637. The highest BCUT2D eigenvalue weighted by molar-refractivity contribution is 7.89. The van der Waals surface area contributed by atoms with E-state index in [0.29, 0.717) is 13.0 Å². The largest absolute Gasteiger partial charge is 0.469 e. The second-order valence-corrected chi connectivity index (χ2v) is 6.77. The highest BCUT2D eigenvalue weighted by Crippen LogP contribution is 2.21.